The zero-order valence-electron chi connectivity index (χ0n) is 25.9. The fourth-order valence-corrected chi connectivity index (χ4v) is 7.77. The normalized spacial score (nSPS) is 12.0. The van der Waals surface area contributed by atoms with E-state index in [2.05, 4.69) is 156 Å². The fraction of sp³-hybridized carbons (Fsp3) is 0.0455. The highest BCUT2D eigenvalue weighted by molar-refractivity contribution is 6.13. The Morgan fingerprint density at radius 1 is 0.447 bits per heavy atom. The van der Waals surface area contributed by atoms with Crippen molar-refractivity contribution in [2.75, 3.05) is 0 Å². The van der Waals surface area contributed by atoms with Gasteiger partial charge < -0.3 is 13.6 Å². The Labute approximate surface area is 271 Å². The van der Waals surface area contributed by atoms with Crippen LogP contribution in [0.25, 0.3) is 93.5 Å². The van der Waals surface area contributed by atoms with Crippen LogP contribution in [0.4, 0.5) is 0 Å². The fourth-order valence-electron chi connectivity index (χ4n) is 7.77. The highest BCUT2D eigenvalue weighted by Crippen LogP contribution is 2.39. The van der Waals surface area contributed by atoms with Gasteiger partial charge in [0.15, 0.2) is 0 Å². The maximum atomic E-state index is 6.35. The van der Waals surface area contributed by atoms with Crippen LogP contribution in [0, 0.1) is 0 Å². The number of nitrogens with zero attached hydrogens (tertiary/aromatic N) is 2. The number of benzene rings is 7. The van der Waals surface area contributed by atoms with Crippen LogP contribution in [0.1, 0.15) is 6.92 Å². The molecule has 0 saturated carbocycles. The number of furan rings is 1. The van der Waals surface area contributed by atoms with Crippen LogP contribution in [0.2, 0.25) is 0 Å². The molecule has 0 bridgehead atoms. The topological polar surface area (TPSA) is 23.0 Å². The van der Waals surface area contributed by atoms with E-state index in [9.17, 15) is 0 Å². The Bertz CT molecular complexity index is 2830. The highest BCUT2D eigenvalue weighted by Gasteiger charge is 2.16. The van der Waals surface area contributed by atoms with Crippen LogP contribution in [-0.4, -0.2) is 9.13 Å². The molecule has 0 amide bonds. The van der Waals surface area contributed by atoms with Gasteiger partial charge in [-0.1, -0.05) is 97.1 Å². The van der Waals surface area contributed by atoms with Crippen molar-refractivity contribution in [3.63, 3.8) is 0 Å². The number of para-hydroxylation sites is 4. The number of hydrogen-bond donors (Lipinski definition) is 0. The van der Waals surface area contributed by atoms with E-state index >= 15 is 0 Å². The molecule has 0 spiro atoms. The van der Waals surface area contributed by atoms with Crippen molar-refractivity contribution in [2.24, 2.45) is 0 Å². The lowest BCUT2D eigenvalue weighted by Crippen LogP contribution is -1.94. The Hall–Kier alpha value is -6.06. The maximum Gasteiger partial charge on any atom is 0.143 e. The standard InChI is InChI=1S/C44H30N2O/c1-2-45-39-15-6-3-10-33(39)37-26-29(20-24-40(37)45)30-21-25-42-38(27-30)34-11-4-7-16-41(34)46(42)31-22-18-28(19-23-31)32-13-9-14-36-35-12-5-8-17-43(35)47-44(32)36/h3-27H,2H2,1H3. The van der Waals surface area contributed by atoms with Gasteiger partial charge in [0.05, 0.1) is 11.0 Å². The number of rotatable bonds is 4. The van der Waals surface area contributed by atoms with Gasteiger partial charge in [-0.3, -0.25) is 0 Å². The molecule has 0 aliphatic heterocycles. The average Bonchev–Trinajstić information content (AvgIpc) is 3.79. The predicted octanol–water partition coefficient (Wildman–Crippen LogP) is 12.1. The van der Waals surface area contributed by atoms with Gasteiger partial charge >= 0.3 is 0 Å². The zero-order valence-corrected chi connectivity index (χ0v) is 25.9. The first kappa shape index (κ1) is 26.2. The molecule has 7 aromatic carbocycles. The first-order chi connectivity index (χ1) is 23.3. The lowest BCUT2D eigenvalue weighted by Gasteiger charge is -2.10. The van der Waals surface area contributed by atoms with Crippen LogP contribution in [-0.2, 0) is 6.54 Å². The van der Waals surface area contributed by atoms with Gasteiger partial charge in [0.2, 0.25) is 0 Å². The van der Waals surface area contributed by atoms with Gasteiger partial charge in [0, 0.05) is 61.1 Å². The molecule has 10 rings (SSSR count). The molecule has 47 heavy (non-hydrogen) atoms. The predicted molar refractivity (Wildman–Crippen MR) is 198 cm³/mol. The third-order valence-corrected chi connectivity index (χ3v) is 9.94. The summed E-state index contributed by atoms with van der Waals surface area (Å²) < 4.78 is 11.1. The van der Waals surface area contributed by atoms with Gasteiger partial charge in [-0.25, -0.2) is 0 Å². The van der Waals surface area contributed by atoms with E-state index < -0.39 is 0 Å². The Morgan fingerprint density at radius 2 is 1.00 bits per heavy atom. The Morgan fingerprint density at radius 3 is 1.77 bits per heavy atom. The minimum Gasteiger partial charge on any atom is -0.455 e. The smallest absolute Gasteiger partial charge is 0.143 e. The third kappa shape index (κ3) is 3.80. The molecular weight excluding hydrogens is 572 g/mol. The van der Waals surface area contributed by atoms with Gasteiger partial charge in [-0.2, -0.15) is 0 Å². The van der Waals surface area contributed by atoms with Crippen molar-refractivity contribution < 1.29 is 4.42 Å². The summed E-state index contributed by atoms with van der Waals surface area (Å²) in [4.78, 5) is 0. The molecule has 0 aliphatic rings. The number of aromatic nitrogens is 2. The van der Waals surface area contributed by atoms with Crippen molar-refractivity contribution >= 4 is 65.6 Å². The molecule has 0 fully saturated rings. The van der Waals surface area contributed by atoms with E-state index in [0.717, 1.165) is 45.3 Å². The number of aryl methyl sites for hydroxylation is 1. The second kappa shape index (κ2) is 9.97. The second-order valence-electron chi connectivity index (χ2n) is 12.4. The van der Waals surface area contributed by atoms with Crippen molar-refractivity contribution in [2.45, 2.75) is 13.5 Å². The SMILES string of the molecule is CCn1c2ccccc2c2cc(-c3ccc4c(c3)c3ccccc3n4-c3ccc(-c4cccc5c4oc4ccccc45)cc3)ccc21. The minimum atomic E-state index is 0.920. The summed E-state index contributed by atoms with van der Waals surface area (Å²) >= 11 is 0. The van der Waals surface area contributed by atoms with Crippen LogP contribution >= 0.6 is 0 Å². The number of fused-ring (bicyclic) bond motifs is 9. The highest BCUT2D eigenvalue weighted by atomic mass is 16.3. The van der Waals surface area contributed by atoms with E-state index in [1.165, 1.54) is 54.7 Å². The molecule has 0 unspecified atom stereocenters. The van der Waals surface area contributed by atoms with E-state index in [1.807, 2.05) is 12.1 Å². The molecule has 3 heteroatoms. The Balaban J connectivity index is 1.10. The molecule has 3 nitrogen and oxygen atoms in total. The molecule has 3 aromatic heterocycles. The summed E-state index contributed by atoms with van der Waals surface area (Å²) in [5.74, 6) is 0. The van der Waals surface area contributed by atoms with Crippen molar-refractivity contribution in [3.05, 3.63) is 152 Å². The van der Waals surface area contributed by atoms with Crippen LogP contribution in [0.3, 0.4) is 0 Å². The van der Waals surface area contributed by atoms with Crippen LogP contribution in [0.15, 0.2) is 156 Å². The van der Waals surface area contributed by atoms with E-state index in [-0.39, 0.29) is 0 Å². The molecule has 0 saturated heterocycles. The zero-order chi connectivity index (χ0) is 31.1. The molecule has 0 N–H and O–H groups in total. The quantitative estimate of drug-likeness (QED) is 0.196. The van der Waals surface area contributed by atoms with Crippen molar-refractivity contribution in [3.8, 4) is 27.9 Å². The third-order valence-electron chi connectivity index (χ3n) is 9.94. The second-order valence-corrected chi connectivity index (χ2v) is 12.4. The summed E-state index contributed by atoms with van der Waals surface area (Å²) in [6.45, 7) is 3.17. The summed E-state index contributed by atoms with van der Waals surface area (Å²) in [5, 5.41) is 7.42. The lowest BCUT2D eigenvalue weighted by atomic mass is 10.0. The summed E-state index contributed by atoms with van der Waals surface area (Å²) in [6.07, 6.45) is 0. The van der Waals surface area contributed by atoms with Gasteiger partial charge in [-0.15, -0.1) is 0 Å². The number of hydrogen-bond acceptors (Lipinski definition) is 1. The molecule has 222 valence electrons. The summed E-state index contributed by atoms with van der Waals surface area (Å²) in [7, 11) is 0. The van der Waals surface area contributed by atoms with Crippen LogP contribution in [0.5, 0.6) is 0 Å². The summed E-state index contributed by atoms with van der Waals surface area (Å²) in [5.41, 5.74) is 12.7. The van der Waals surface area contributed by atoms with E-state index in [4.69, 9.17) is 4.42 Å². The molecule has 3 heterocycles. The van der Waals surface area contributed by atoms with Crippen LogP contribution < -0.4 is 0 Å². The van der Waals surface area contributed by atoms with Gasteiger partial charge in [0.1, 0.15) is 11.2 Å². The first-order valence-electron chi connectivity index (χ1n) is 16.3. The van der Waals surface area contributed by atoms with Crippen molar-refractivity contribution in [1.82, 2.24) is 9.13 Å². The molecule has 0 atom stereocenters. The largest absolute Gasteiger partial charge is 0.455 e. The molecular formula is C44H30N2O. The summed E-state index contributed by atoms with van der Waals surface area (Å²) in [6, 6.07) is 54.9. The Kier molecular flexibility index (Phi) is 5.55. The van der Waals surface area contributed by atoms with E-state index in [0.29, 0.717) is 0 Å². The van der Waals surface area contributed by atoms with Gasteiger partial charge in [0.25, 0.3) is 0 Å². The molecule has 0 radical (unpaired) electrons. The average molecular weight is 603 g/mol. The first-order valence-corrected chi connectivity index (χ1v) is 16.3. The lowest BCUT2D eigenvalue weighted by molar-refractivity contribution is 0.670. The minimum absolute atomic E-state index is 0.920. The molecule has 10 aromatic rings. The maximum absolute atomic E-state index is 6.35. The van der Waals surface area contributed by atoms with E-state index in [1.54, 1.807) is 0 Å². The molecule has 0 aliphatic carbocycles. The van der Waals surface area contributed by atoms with Gasteiger partial charge in [-0.05, 0) is 78.2 Å². The van der Waals surface area contributed by atoms with Crippen molar-refractivity contribution in [1.29, 1.82) is 0 Å². The monoisotopic (exact) mass is 602 g/mol.